The Morgan fingerprint density at radius 3 is 3.05 bits per heavy atom. The first-order valence-corrected chi connectivity index (χ1v) is 8.21. The van der Waals surface area contributed by atoms with Crippen molar-refractivity contribution in [3.8, 4) is 0 Å². The second kappa shape index (κ2) is 5.43. The largest absolute Gasteiger partial charge is 0.335 e. The maximum Gasteiger partial charge on any atom is 0.319 e. The number of benzene rings is 1. The number of anilines is 1. The second-order valence-corrected chi connectivity index (χ2v) is 6.70. The molecule has 3 unspecified atom stereocenters. The Balaban J connectivity index is 1.49. The highest BCUT2D eigenvalue weighted by Gasteiger charge is 2.44. The number of rotatable bonds is 2. The van der Waals surface area contributed by atoms with Crippen LogP contribution in [0.25, 0.3) is 10.9 Å². The number of hydrogen-bond acceptors (Lipinski definition) is 2. The lowest BCUT2D eigenvalue weighted by Gasteiger charge is -2.40. The van der Waals surface area contributed by atoms with E-state index in [1.807, 2.05) is 18.2 Å². The Morgan fingerprint density at radius 1 is 1.27 bits per heavy atom. The van der Waals surface area contributed by atoms with Crippen LogP contribution in [0, 0.1) is 11.8 Å². The van der Waals surface area contributed by atoms with Crippen LogP contribution in [0.2, 0.25) is 5.02 Å². The van der Waals surface area contributed by atoms with Gasteiger partial charge in [-0.05, 0) is 48.9 Å². The molecule has 2 aliphatic rings. The fourth-order valence-electron chi connectivity index (χ4n) is 3.93. The minimum atomic E-state index is -0.136. The summed E-state index contributed by atoms with van der Waals surface area (Å²) in [7, 11) is 0. The van der Waals surface area contributed by atoms with Gasteiger partial charge in [0.05, 0.1) is 16.2 Å². The molecular weight excluding hydrogens is 298 g/mol. The summed E-state index contributed by atoms with van der Waals surface area (Å²) in [6, 6.07) is 7.55. The van der Waals surface area contributed by atoms with E-state index in [1.165, 1.54) is 19.3 Å². The smallest absolute Gasteiger partial charge is 0.319 e. The van der Waals surface area contributed by atoms with E-state index in [0.29, 0.717) is 22.5 Å². The summed E-state index contributed by atoms with van der Waals surface area (Å²) >= 11 is 6.15. The molecule has 5 heteroatoms. The Morgan fingerprint density at radius 2 is 2.18 bits per heavy atom. The van der Waals surface area contributed by atoms with Crippen LogP contribution in [0.1, 0.15) is 25.7 Å². The first kappa shape index (κ1) is 13.8. The van der Waals surface area contributed by atoms with Crippen LogP contribution in [-0.2, 0) is 0 Å². The van der Waals surface area contributed by atoms with Crippen LogP contribution >= 0.6 is 11.6 Å². The van der Waals surface area contributed by atoms with Crippen molar-refractivity contribution in [2.45, 2.75) is 31.7 Å². The molecule has 0 bridgehead atoms. The van der Waals surface area contributed by atoms with Gasteiger partial charge in [0.1, 0.15) is 0 Å². The van der Waals surface area contributed by atoms with Gasteiger partial charge in [-0.2, -0.15) is 0 Å². The molecule has 0 saturated heterocycles. The number of pyridine rings is 1. The molecule has 22 heavy (non-hydrogen) atoms. The van der Waals surface area contributed by atoms with Crippen molar-refractivity contribution in [2.24, 2.45) is 11.8 Å². The quantitative estimate of drug-likeness (QED) is 0.872. The molecule has 4 rings (SSSR count). The van der Waals surface area contributed by atoms with E-state index in [-0.39, 0.29) is 6.03 Å². The van der Waals surface area contributed by atoms with Crippen molar-refractivity contribution < 1.29 is 4.79 Å². The number of nitrogens with one attached hydrogen (secondary N) is 2. The molecule has 2 aromatic rings. The fourth-order valence-corrected chi connectivity index (χ4v) is 4.15. The predicted molar refractivity (Wildman–Crippen MR) is 88.1 cm³/mol. The summed E-state index contributed by atoms with van der Waals surface area (Å²) in [5.74, 6) is 1.53. The van der Waals surface area contributed by atoms with Gasteiger partial charge in [-0.1, -0.05) is 24.4 Å². The SMILES string of the molecule is O=C(Nc1ccc(Cl)c2ncccc12)NC1CC2CCCC21. The van der Waals surface area contributed by atoms with Crippen LogP contribution in [0.5, 0.6) is 0 Å². The number of carbonyl (C=O) groups excluding carboxylic acids is 1. The van der Waals surface area contributed by atoms with Crippen LogP contribution < -0.4 is 10.6 Å². The normalized spacial score (nSPS) is 26.3. The third kappa shape index (κ3) is 2.31. The molecular formula is C17H18ClN3O. The summed E-state index contributed by atoms with van der Waals surface area (Å²) in [4.78, 5) is 16.5. The van der Waals surface area contributed by atoms with Crippen molar-refractivity contribution in [3.05, 3.63) is 35.5 Å². The Hall–Kier alpha value is -1.81. The zero-order valence-electron chi connectivity index (χ0n) is 12.2. The third-order valence-corrected chi connectivity index (χ3v) is 5.38. The summed E-state index contributed by atoms with van der Waals surface area (Å²) in [6.07, 6.45) is 6.72. The third-order valence-electron chi connectivity index (χ3n) is 5.08. The first-order chi connectivity index (χ1) is 10.7. The zero-order valence-corrected chi connectivity index (χ0v) is 12.9. The van der Waals surface area contributed by atoms with E-state index in [1.54, 1.807) is 12.3 Å². The van der Waals surface area contributed by atoms with Crippen molar-refractivity contribution in [3.63, 3.8) is 0 Å². The van der Waals surface area contributed by atoms with Gasteiger partial charge in [0.2, 0.25) is 0 Å². The number of urea groups is 1. The van der Waals surface area contributed by atoms with Gasteiger partial charge < -0.3 is 10.6 Å². The Labute approximate surface area is 134 Å². The van der Waals surface area contributed by atoms with Crippen molar-refractivity contribution in [1.29, 1.82) is 0 Å². The molecule has 2 fully saturated rings. The van der Waals surface area contributed by atoms with Gasteiger partial charge in [0.15, 0.2) is 0 Å². The van der Waals surface area contributed by atoms with E-state index in [9.17, 15) is 4.79 Å². The van der Waals surface area contributed by atoms with Crippen molar-refractivity contribution in [2.75, 3.05) is 5.32 Å². The molecule has 0 spiro atoms. The fraction of sp³-hybridized carbons (Fsp3) is 0.412. The van der Waals surface area contributed by atoms with Crippen LogP contribution in [0.3, 0.4) is 0 Å². The highest BCUT2D eigenvalue weighted by Crippen LogP contribution is 2.46. The molecule has 2 N–H and O–H groups in total. The molecule has 1 aromatic heterocycles. The molecule has 2 amide bonds. The lowest BCUT2D eigenvalue weighted by molar-refractivity contribution is 0.144. The van der Waals surface area contributed by atoms with E-state index in [2.05, 4.69) is 15.6 Å². The van der Waals surface area contributed by atoms with Crippen molar-refractivity contribution in [1.82, 2.24) is 10.3 Å². The van der Waals surface area contributed by atoms with Gasteiger partial charge in [-0.3, -0.25) is 4.98 Å². The average molecular weight is 316 g/mol. The topological polar surface area (TPSA) is 54.0 Å². The minimum absolute atomic E-state index is 0.136. The average Bonchev–Trinajstić information content (AvgIpc) is 2.89. The van der Waals surface area contributed by atoms with Crippen LogP contribution in [-0.4, -0.2) is 17.1 Å². The molecule has 0 aliphatic heterocycles. The van der Waals surface area contributed by atoms with E-state index in [4.69, 9.17) is 11.6 Å². The number of amides is 2. The standard InChI is InChI=1S/C17H18ClN3O/c18-13-6-7-14(12-5-2-8-19-16(12)13)20-17(22)21-15-9-10-3-1-4-11(10)15/h2,5-8,10-11,15H,1,3-4,9H2,(H2,20,21,22). The molecule has 3 atom stereocenters. The summed E-state index contributed by atoms with van der Waals surface area (Å²) < 4.78 is 0. The monoisotopic (exact) mass is 315 g/mol. The first-order valence-electron chi connectivity index (χ1n) is 7.83. The molecule has 0 radical (unpaired) electrons. The summed E-state index contributed by atoms with van der Waals surface area (Å²) in [5.41, 5.74) is 1.45. The Bertz CT molecular complexity index is 733. The second-order valence-electron chi connectivity index (χ2n) is 6.29. The number of nitrogens with zero attached hydrogens (tertiary/aromatic N) is 1. The molecule has 2 saturated carbocycles. The molecule has 114 valence electrons. The number of hydrogen-bond donors (Lipinski definition) is 2. The highest BCUT2D eigenvalue weighted by molar-refractivity contribution is 6.35. The van der Waals surface area contributed by atoms with Crippen LogP contribution in [0.4, 0.5) is 10.5 Å². The zero-order chi connectivity index (χ0) is 15.1. The van der Waals surface area contributed by atoms with E-state index < -0.39 is 0 Å². The number of fused-ring (bicyclic) bond motifs is 2. The van der Waals surface area contributed by atoms with Gasteiger partial charge in [0.25, 0.3) is 0 Å². The van der Waals surface area contributed by atoms with Gasteiger partial charge >= 0.3 is 6.03 Å². The van der Waals surface area contributed by atoms with Gasteiger partial charge in [-0.15, -0.1) is 0 Å². The predicted octanol–water partition coefficient (Wildman–Crippen LogP) is 4.20. The molecule has 4 nitrogen and oxygen atoms in total. The number of carbonyl (C=O) groups is 1. The molecule has 2 aliphatic carbocycles. The number of aromatic nitrogens is 1. The van der Waals surface area contributed by atoms with E-state index in [0.717, 1.165) is 23.4 Å². The lowest BCUT2D eigenvalue weighted by atomic mass is 9.71. The molecule has 1 aromatic carbocycles. The Kier molecular flexibility index (Phi) is 3.41. The van der Waals surface area contributed by atoms with Crippen LogP contribution in [0.15, 0.2) is 30.5 Å². The minimum Gasteiger partial charge on any atom is -0.335 e. The number of halogens is 1. The highest BCUT2D eigenvalue weighted by atomic mass is 35.5. The summed E-state index contributed by atoms with van der Waals surface area (Å²) in [5, 5.41) is 7.51. The lowest BCUT2D eigenvalue weighted by Crippen LogP contribution is -2.51. The van der Waals surface area contributed by atoms with E-state index >= 15 is 0 Å². The van der Waals surface area contributed by atoms with Gasteiger partial charge in [0, 0.05) is 17.6 Å². The van der Waals surface area contributed by atoms with Crippen molar-refractivity contribution >= 4 is 34.2 Å². The maximum atomic E-state index is 12.3. The van der Waals surface area contributed by atoms with Gasteiger partial charge in [-0.25, -0.2) is 4.79 Å². The summed E-state index contributed by atoms with van der Waals surface area (Å²) in [6.45, 7) is 0. The maximum absolute atomic E-state index is 12.3. The molecule has 1 heterocycles.